The van der Waals surface area contributed by atoms with Gasteiger partial charge in [-0.1, -0.05) is 19.4 Å². The van der Waals surface area contributed by atoms with Crippen LogP contribution in [0.1, 0.15) is 30.0 Å². The molecule has 0 amide bonds. The Balaban J connectivity index is 3.81. The molecule has 0 aliphatic carbocycles. The van der Waals surface area contributed by atoms with E-state index in [1.165, 1.54) is 6.92 Å². The van der Waals surface area contributed by atoms with Gasteiger partial charge in [0, 0.05) is 18.4 Å². The summed E-state index contributed by atoms with van der Waals surface area (Å²) < 4.78 is 84.0. The van der Waals surface area contributed by atoms with Gasteiger partial charge in [-0.05, 0) is 30.5 Å². The molecule has 0 aliphatic rings. The lowest BCUT2D eigenvalue weighted by atomic mass is 9.85. The zero-order valence-corrected chi connectivity index (χ0v) is 12.3. The topological polar surface area (TPSA) is 35.2 Å². The summed E-state index contributed by atoms with van der Waals surface area (Å²) in [6.07, 6.45) is -10.9. The van der Waals surface area contributed by atoms with E-state index in [4.69, 9.17) is 5.73 Å². The number of aryl methyl sites for hydroxylation is 2. The second kappa shape index (κ2) is 5.98. The molecule has 0 fully saturated rings. The third-order valence-corrected chi connectivity index (χ3v) is 3.50. The highest BCUT2D eigenvalue weighted by atomic mass is 19.4. The number of ether oxygens (including phenoxy) is 1. The third kappa shape index (κ3) is 2.88. The van der Waals surface area contributed by atoms with Crippen LogP contribution < -0.4 is 5.73 Å². The summed E-state index contributed by atoms with van der Waals surface area (Å²) in [6, 6.07) is 1.96. The maximum absolute atomic E-state index is 13.3. The summed E-state index contributed by atoms with van der Waals surface area (Å²) >= 11 is 0. The maximum Gasteiger partial charge on any atom is 0.430 e. The van der Waals surface area contributed by atoms with Gasteiger partial charge in [-0.15, -0.1) is 0 Å². The summed E-state index contributed by atoms with van der Waals surface area (Å²) in [5.41, 5.74) is 0.439. The number of hydrogen-bond acceptors (Lipinski definition) is 2. The molecule has 2 N–H and O–H groups in total. The van der Waals surface area contributed by atoms with Crippen molar-refractivity contribution in [2.75, 3.05) is 12.8 Å². The van der Waals surface area contributed by atoms with E-state index in [-0.39, 0.29) is 23.2 Å². The summed E-state index contributed by atoms with van der Waals surface area (Å²) in [6.45, 7) is 3.00. The summed E-state index contributed by atoms with van der Waals surface area (Å²) in [5.74, 6) is 0. The lowest BCUT2D eigenvalue weighted by Crippen LogP contribution is -2.55. The Hall–Kier alpha value is -1.44. The molecule has 0 bridgehead atoms. The number of methoxy groups -OCH3 is 1. The maximum atomic E-state index is 13.3. The van der Waals surface area contributed by atoms with Gasteiger partial charge in [0.05, 0.1) is 0 Å². The molecule has 0 aromatic heterocycles. The fraction of sp³-hybridized carbons (Fsp3) is 0.571. The third-order valence-electron chi connectivity index (χ3n) is 3.50. The fourth-order valence-electron chi connectivity index (χ4n) is 2.38. The molecule has 8 heteroatoms. The molecule has 0 radical (unpaired) electrons. The van der Waals surface area contributed by atoms with E-state index in [0.29, 0.717) is 13.5 Å². The number of nitrogens with two attached hydrogens (primary N) is 1. The Labute approximate surface area is 124 Å². The average Bonchev–Trinajstić information content (AvgIpc) is 2.33. The number of hydrogen-bond donors (Lipinski definition) is 1. The van der Waals surface area contributed by atoms with Crippen molar-refractivity contribution in [1.82, 2.24) is 0 Å². The van der Waals surface area contributed by atoms with Crippen LogP contribution in [0.4, 0.5) is 32.0 Å². The van der Waals surface area contributed by atoms with Gasteiger partial charge >= 0.3 is 12.4 Å². The molecule has 0 saturated carbocycles. The SMILES string of the molecule is CCCc1cc(N)c(C)cc1C(OC)(C(F)(F)F)C(F)(F)F. The predicted molar refractivity (Wildman–Crippen MR) is 70.4 cm³/mol. The van der Waals surface area contributed by atoms with E-state index in [0.717, 1.165) is 12.1 Å². The highest BCUT2D eigenvalue weighted by Crippen LogP contribution is 2.53. The predicted octanol–water partition coefficient (Wildman–Crippen LogP) is 4.50. The zero-order chi connectivity index (χ0) is 17.3. The summed E-state index contributed by atoms with van der Waals surface area (Å²) in [7, 11) is 0.405. The molecule has 22 heavy (non-hydrogen) atoms. The first kappa shape index (κ1) is 18.6. The summed E-state index contributed by atoms with van der Waals surface area (Å²) in [5, 5.41) is 0. The Morgan fingerprint density at radius 2 is 1.55 bits per heavy atom. The molecule has 0 aliphatic heterocycles. The van der Waals surface area contributed by atoms with E-state index in [1.54, 1.807) is 6.92 Å². The van der Waals surface area contributed by atoms with Crippen molar-refractivity contribution in [3.05, 3.63) is 28.8 Å². The average molecular weight is 329 g/mol. The lowest BCUT2D eigenvalue weighted by molar-refractivity contribution is -0.383. The minimum absolute atomic E-state index is 0.0249. The van der Waals surface area contributed by atoms with Gasteiger partial charge < -0.3 is 10.5 Å². The first-order valence-electron chi connectivity index (χ1n) is 6.50. The number of alkyl halides is 6. The van der Waals surface area contributed by atoms with Gasteiger partial charge in [0.15, 0.2) is 0 Å². The van der Waals surface area contributed by atoms with Crippen molar-refractivity contribution in [1.29, 1.82) is 0 Å². The van der Waals surface area contributed by atoms with Crippen molar-refractivity contribution in [2.45, 2.75) is 44.6 Å². The van der Waals surface area contributed by atoms with Crippen molar-refractivity contribution in [3.8, 4) is 0 Å². The van der Waals surface area contributed by atoms with Crippen LogP contribution in [-0.2, 0) is 16.8 Å². The normalized spacial score (nSPS) is 13.5. The van der Waals surface area contributed by atoms with E-state index in [9.17, 15) is 26.3 Å². The highest BCUT2D eigenvalue weighted by Gasteiger charge is 2.73. The molecule has 0 saturated heterocycles. The zero-order valence-electron chi connectivity index (χ0n) is 12.3. The van der Waals surface area contributed by atoms with Crippen molar-refractivity contribution >= 4 is 5.69 Å². The van der Waals surface area contributed by atoms with Crippen molar-refractivity contribution < 1.29 is 31.1 Å². The van der Waals surface area contributed by atoms with E-state index in [1.807, 2.05) is 0 Å². The molecule has 1 aromatic rings. The minimum Gasteiger partial charge on any atom is -0.399 e. The number of rotatable bonds is 4. The molecule has 1 aromatic carbocycles. The smallest absolute Gasteiger partial charge is 0.399 e. The Bertz CT molecular complexity index is 521. The second-order valence-corrected chi connectivity index (χ2v) is 5.00. The van der Waals surface area contributed by atoms with Crippen LogP contribution in [0.15, 0.2) is 12.1 Å². The molecular formula is C14H17F6NO. The molecule has 0 spiro atoms. The van der Waals surface area contributed by atoms with Crippen LogP contribution in [0.2, 0.25) is 0 Å². The monoisotopic (exact) mass is 329 g/mol. The van der Waals surface area contributed by atoms with Gasteiger partial charge in [0.2, 0.25) is 0 Å². The van der Waals surface area contributed by atoms with E-state index in [2.05, 4.69) is 4.74 Å². The van der Waals surface area contributed by atoms with Crippen LogP contribution in [0, 0.1) is 6.92 Å². The molecule has 126 valence electrons. The molecule has 1 rings (SSSR count). The number of nitrogen functional groups attached to an aromatic ring is 1. The first-order chi connectivity index (χ1) is 9.92. The second-order valence-electron chi connectivity index (χ2n) is 5.00. The molecule has 0 heterocycles. The lowest BCUT2D eigenvalue weighted by Gasteiger charge is -2.37. The standard InChI is InChI=1S/C14H17F6NO/c1-4-5-9-7-11(21)8(2)6-10(9)12(22-3,13(15,16)17)14(18,19)20/h6-7H,4-5,21H2,1-3H3. The first-order valence-corrected chi connectivity index (χ1v) is 6.50. The van der Waals surface area contributed by atoms with Gasteiger partial charge in [-0.25, -0.2) is 0 Å². The molecule has 0 unspecified atom stereocenters. The Kier molecular flexibility index (Phi) is 5.06. The van der Waals surface area contributed by atoms with Gasteiger partial charge in [-0.2, -0.15) is 26.3 Å². The van der Waals surface area contributed by atoms with Crippen LogP contribution >= 0.6 is 0 Å². The molecular weight excluding hydrogens is 312 g/mol. The van der Waals surface area contributed by atoms with Crippen LogP contribution in [0.5, 0.6) is 0 Å². The van der Waals surface area contributed by atoms with Crippen molar-refractivity contribution in [3.63, 3.8) is 0 Å². The summed E-state index contributed by atoms with van der Waals surface area (Å²) in [4.78, 5) is 0. The highest BCUT2D eigenvalue weighted by molar-refractivity contribution is 5.54. The van der Waals surface area contributed by atoms with E-state index >= 15 is 0 Å². The largest absolute Gasteiger partial charge is 0.430 e. The number of benzene rings is 1. The molecule has 2 nitrogen and oxygen atoms in total. The minimum atomic E-state index is -5.66. The van der Waals surface area contributed by atoms with Gasteiger partial charge in [0.25, 0.3) is 5.60 Å². The van der Waals surface area contributed by atoms with Gasteiger partial charge in [0.1, 0.15) is 0 Å². The van der Waals surface area contributed by atoms with Crippen LogP contribution in [-0.4, -0.2) is 19.5 Å². The van der Waals surface area contributed by atoms with Gasteiger partial charge in [-0.3, -0.25) is 0 Å². The number of halogens is 6. The molecule has 0 atom stereocenters. The number of anilines is 1. The van der Waals surface area contributed by atoms with Crippen LogP contribution in [0.25, 0.3) is 0 Å². The van der Waals surface area contributed by atoms with E-state index < -0.39 is 23.5 Å². The quantitative estimate of drug-likeness (QED) is 0.652. The Morgan fingerprint density at radius 1 is 1.05 bits per heavy atom. The fourth-order valence-corrected chi connectivity index (χ4v) is 2.38. The van der Waals surface area contributed by atoms with Crippen molar-refractivity contribution in [2.24, 2.45) is 0 Å². The van der Waals surface area contributed by atoms with Crippen LogP contribution in [0.3, 0.4) is 0 Å². The Morgan fingerprint density at radius 3 is 1.91 bits per heavy atom.